The molecule has 3 rings (SSSR count). The van der Waals surface area contributed by atoms with Gasteiger partial charge in [0.1, 0.15) is 11.5 Å². The summed E-state index contributed by atoms with van der Waals surface area (Å²) in [5.74, 6) is 1.20. The number of hydrogen-bond acceptors (Lipinski definition) is 5. The van der Waals surface area contributed by atoms with Crippen LogP contribution < -0.4 is 15.2 Å². The van der Waals surface area contributed by atoms with Gasteiger partial charge in [-0.25, -0.2) is 12.4 Å². The van der Waals surface area contributed by atoms with Crippen molar-refractivity contribution in [2.75, 3.05) is 20.0 Å². The number of anilines is 1. The number of hydrogen-bond donors (Lipinski definition) is 1. The van der Waals surface area contributed by atoms with Crippen LogP contribution in [0.3, 0.4) is 0 Å². The quantitative estimate of drug-likeness (QED) is 0.793. The molecule has 0 saturated carbocycles. The molecule has 0 spiro atoms. The van der Waals surface area contributed by atoms with Crippen LogP contribution in [0.5, 0.6) is 11.5 Å². The summed E-state index contributed by atoms with van der Waals surface area (Å²) in [6.45, 7) is 0. The lowest BCUT2D eigenvalue weighted by atomic mass is 10.2. The third kappa shape index (κ3) is 2.49. The number of benzene rings is 2. The molecule has 0 fully saturated rings. The van der Waals surface area contributed by atoms with Crippen molar-refractivity contribution in [3.63, 3.8) is 0 Å². The van der Waals surface area contributed by atoms with Crippen LogP contribution in [0.15, 0.2) is 53.6 Å². The van der Waals surface area contributed by atoms with E-state index in [1.165, 1.54) is 29.4 Å². The Morgan fingerprint density at radius 1 is 0.957 bits per heavy atom. The fraction of sp³-hybridized carbons (Fsp3) is 0.125. The van der Waals surface area contributed by atoms with E-state index in [2.05, 4.69) is 0 Å². The van der Waals surface area contributed by atoms with Crippen LogP contribution in [0.2, 0.25) is 0 Å². The Hall–Kier alpha value is -2.67. The fourth-order valence-corrected chi connectivity index (χ4v) is 3.77. The molecular formula is C16H16N2O4S. The highest BCUT2D eigenvalue weighted by Crippen LogP contribution is 2.30. The van der Waals surface area contributed by atoms with E-state index in [1.54, 1.807) is 37.4 Å². The minimum atomic E-state index is -3.75. The zero-order chi connectivity index (χ0) is 16.6. The Balaban J connectivity index is 2.18. The standard InChI is InChI=1S/C16H16N2O4S/c1-21-11-3-6-13(7-4-11)23(19,20)18-10-15(17)14-9-12(22-2)5-8-16(14)18/h3-10H,17H2,1-2H3. The lowest BCUT2D eigenvalue weighted by Crippen LogP contribution is -2.11. The monoisotopic (exact) mass is 332 g/mol. The van der Waals surface area contributed by atoms with Crippen molar-refractivity contribution in [2.24, 2.45) is 0 Å². The maximum absolute atomic E-state index is 12.9. The fourth-order valence-electron chi connectivity index (χ4n) is 2.39. The van der Waals surface area contributed by atoms with Crippen LogP contribution >= 0.6 is 0 Å². The maximum Gasteiger partial charge on any atom is 0.268 e. The van der Waals surface area contributed by atoms with Crippen molar-refractivity contribution in [3.05, 3.63) is 48.7 Å². The van der Waals surface area contributed by atoms with Crippen molar-refractivity contribution < 1.29 is 17.9 Å². The summed E-state index contributed by atoms with van der Waals surface area (Å²) in [6, 6.07) is 11.3. The molecular weight excluding hydrogens is 316 g/mol. The van der Waals surface area contributed by atoms with E-state index in [-0.39, 0.29) is 4.90 Å². The Kier molecular flexibility index (Phi) is 3.65. The molecule has 7 heteroatoms. The van der Waals surface area contributed by atoms with Crippen LogP contribution in [-0.2, 0) is 10.0 Å². The summed E-state index contributed by atoms with van der Waals surface area (Å²) < 4.78 is 37.1. The first-order valence-electron chi connectivity index (χ1n) is 6.81. The van der Waals surface area contributed by atoms with Gasteiger partial charge in [-0.2, -0.15) is 0 Å². The van der Waals surface area contributed by atoms with Crippen molar-refractivity contribution in [2.45, 2.75) is 4.90 Å². The minimum absolute atomic E-state index is 0.158. The van der Waals surface area contributed by atoms with E-state index in [9.17, 15) is 8.42 Å². The van der Waals surface area contributed by atoms with Crippen LogP contribution in [0, 0.1) is 0 Å². The Labute approximate surface area is 134 Å². The van der Waals surface area contributed by atoms with E-state index in [4.69, 9.17) is 15.2 Å². The van der Waals surface area contributed by atoms with Crippen LogP contribution in [0.4, 0.5) is 5.69 Å². The van der Waals surface area contributed by atoms with Crippen molar-refractivity contribution >= 4 is 26.6 Å². The third-order valence-corrected chi connectivity index (χ3v) is 5.31. The topological polar surface area (TPSA) is 83.6 Å². The van der Waals surface area contributed by atoms with Crippen LogP contribution in [-0.4, -0.2) is 26.6 Å². The summed E-state index contributed by atoms with van der Waals surface area (Å²) in [7, 11) is -0.680. The summed E-state index contributed by atoms with van der Waals surface area (Å²) in [5, 5.41) is 0.626. The molecule has 0 bridgehead atoms. The second kappa shape index (κ2) is 5.51. The number of methoxy groups -OCH3 is 2. The van der Waals surface area contributed by atoms with Gasteiger partial charge in [0, 0.05) is 11.6 Å². The maximum atomic E-state index is 12.9. The number of nitrogen functional groups attached to an aromatic ring is 1. The zero-order valence-electron chi connectivity index (χ0n) is 12.7. The molecule has 2 aromatic carbocycles. The second-order valence-electron chi connectivity index (χ2n) is 4.94. The highest BCUT2D eigenvalue weighted by atomic mass is 32.2. The molecule has 0 atom stereocenters. The minimum Gasteiger partial charge on any atom is -0.497 e. The van der Waals surface area contributed by atoms with Gasteiger partial charge in [-0.05, 0) is 42.5 Å². The Morgan fingerprint density at radius 3 is 2.17 bits per heavy atom. The van der Waals surface area contributed by atoms with Gasteiger partial charge < -0.3 is 15.2 Å². The predicted molar refractivity (Wildman–Crippen MR) is 88.5 cm³/mol. The highest BCUT2D eigenvalue weighted by molar-refractivity contribution is 7.90. The molecule has 0 saturated heterocycles. The number of fused-ring (bicyclic) bond motifs is 1. The van der Waals surface area contributed by atoms with Gasteiger partial charge in [0.25, 0.3) is 10.0 Å². The summed E-state index contributed by atoms with van der Waals surface area (Å²) in [4.78, 5) is 0.158. The van der Waals surface area contributed by atoms with Crippen molar-refractivity contribution in [1.29, 1.82) is 0 Å². The number of ether oxygens (including phenoxy) is 2. The highest BCUT2D eigenvalue weighted by Gasteiger charge is 2.21. The molecule has 0 aliphatic heterocycles. The van der Waals surface area contributed by atoms with Gasteiger partial charge >= 0.3 is 0 Å². The average Bonchev–Trinajstić information content (AvgIpc) is 2.92. The SMILES string of the molecule is COc1ccc(S(=O)(=O)n2cc(N)c3cc(OC)ccc32)cc1. The smallest absolute Gasteiger partial charge is 0.268 e. The summed E-state index contributed by atoms with van der Waals surface area (Å²) in [6.07, 6.45) is 1.41. The molecule has 0 aliphatic carbocycles. The molecule has 1 aromatic heterocycles. The van der Waals surface area contributed by atoms with Gasteiger partial charge in [-0.15, -0.1) is 0 Å². The lowest BCUT2D eigenvalue weighted by Gasteiger charge is -2.08. The van der Waals surface area contributed by atoms with E-state index in [1.807, 2.05) is 0 Å². The van der Waals surface area contributed by atoms with Gasteiger partial charge in [0.2, 0.25) is 0 Å². The normalized spacial score (nSPS) is 11.6. The van der Waals surface area contributed by atoms with E-state index >= 15 is 0 Å². The number of nitrogens with two attached hydrogens (primary N) is 1. The van der Waals surface area contributed by atoms with E-state index < -0.39 is 10.0 Å². The molecule has 0 aliphatic rings. The zero-order valence-corrected chi connectivity index (χ0v) is 13.5. The molecule has 23 heavy (non-hydrogen) atoms. The summed E-state index contributed by atoms with van der Waals surface area (Å²) in [5.41, 5.74) is 6.83. The number of aromatic nitrogens is 1. The Morgan fingerprint density at radius 2 is 1.57 bits per heavy atom. The Bertz CT molecular complexity index is 960. The first-order chi connectivity index (χ1) is 11.0. The summed E-state index contributed by atoms with van der Waals surface area (Å²) >= 11 is 0. The van der Waals surface area contributed by atoms with Crippen molar-refractivity contribution in [1.82, 2.24) is 3.97 Å². The number of rotatable bonds is 4. The van der Waals surface area contributed by atoms with Crippen LogP contribution in [0.25, 0.3) is 10.9 Å². The van der Waals surface area contributed by atoms with Gasteiger partial charge in [-0.3, -0.25) is 0 Å². The molecule has 0 unspecified atom stereocenters. The first kappa shape index (κ1) is 15.2. The lowest BCUT2D eigenvalue weighted by molar-refractivity contribution is 0.414. The predicted octanol–water partition coefficient (Wildman–Crippen LogP) is 2.48. The molecule has 0 radical (unpaired) electrons. The van der Waals surface area contributed by atoms with Crippen LogP contribution in [0.1, 0.15) is 0 Å². The molecule has 120 valence electrons. The molecule has 3 aromatic rings. The second-order valence-corrected chi connectivity index (χ2v) is 6.76. The molecule has 0 amide bonds. The molecule has 2 N–H and O–H groups in total. The first-order valence-corrected chi connectivity index (χ1v) is 8.25. The largest absolute Gasteiger partial charge is 0.497 e. The third-order valence-electron chi connectivity index (χ3n) is 3.62. The average molecular weight is 332 g/mol. The number of nitrogens with zero attached hydrogens (tertiary/aromatic N) is 1. The van der Waals surface area contributed by atoms with Gasteiger partial charge in [-0.1, -0.05) is 0 Å². The van der Waals surface area contributed by atoms with Gasteiger partial charge in [0.15, 0.2) is 0 Å². The molecule has 1 heterocycles. The van der Waals surface area contributed by atoms with E-state index in [0.29, 0.717) is 28.1 Å². The molecule has 6 nitrogen and oxygen atoms in total. The van der Waals surface area contributed by atoms with Crippen molar-refractivity contribution in [3.8, 4) is 11.5 Å². The van der Waals surface area contributed by atoms with Gasteiger partial charge in [0.05, 0.1) is 30.3 Å². The van der Waals surface area contributed by atoms with E-state index in [0.717, 1.165) is 0 Å².